The Morgan fingerprint density at radius 2 is 2.11 bits per heavy atom. The van der Waals surface area contributed by atoms with Crippen molar-refractivity contribution in [3.8, 4) is 0 Å². The molecule has 0 aromatic carbocycles. The standard InChI is InChI=1S/C12H9ClN4O/c13-9-1-3-14-10(7-9)8-16-5-6-17-11(12(16)18)2-4-15-17/h1-7H,8H2. The summed E-state index contributed by atoms with van der Waals surface area (Å²) in [5.41, 5.74) is 1.18. The van der Waals surface area contributed by atoms with Gasteiger partial charge in [0.05, 0.1) is 18.4 Å². The fourth-order valence-corrected chi connectivity index (χ4v) is 1.98. The molecule has 0 aliphatic rings. The molecule has 0 fully saturated rings. The Kier molecular flexibility index (Phi) is 2.60. The smallest absolute Gasteiger partial charge is 0.276 e. The number of pyridine rings is 1. The molecule has 3 aromatic rings. The van der Waals surface area contributed by atoms with E-state index < -0.39 is 0 Å². The quantitative estimate of drug-likeness (QED) is 0.703. The fourth-order valence-electron chi connectivity index (χ4n) is 1.80. The van der Waals surface area contributed by atoms with Crippen LogP contribution in [0.25, 0.3) is 5.52 Å². The number of hydrogen-bond donors (Lipinski definition) is 0. The molecule has 3 aromatic heterocycles. The van der Waals surface area contributed by atoms with E-state index in [1.54, 1.807) is 52.1 Å². The number of halogens is 1. The van der Waals surface area contributed by atoms with Crippen LogP contribution in [0.15, 0.2) is 47.8 Å². The highest BCUT2D eigenvalue weighted by Crippen LogP contribution is 2.08. The number of fused-ring (bicyclic) bond motifs is 1. The second-order valence-corrected chi connectivity index (χ2v) is 4.29. The molecule has 90 valence electrons. The van der Waals surface area contributed by atoms with E-state index in [-0.39, 0.29) is 5.56 Å². The Balaban J connectivity index is 2.05. The van der Waals surface area contributed by atoms with Gasteiger partial charge in [0.2, 0.25) is 0 Å². The molecule has 0 bridgehead atoms. The average molecular weight is 261 g/mol. The third-order valence-corrected chi connectivity index (χ3v) is 2.88. The number of hydrogen-bond acceptors (Lipinski definition) is 3. The lowest BCUT2D eigenvalue weighted by molar-refractivity contribution is 0.726. The van der Waals surface area contributed by atoms with Crippen molar-refractivity contribution >= 4 is 17.1 Å². The van der Waals surface area contributed by atoms with Crippen LogP contribution in [0, 0.1) is 0 Å². The molecule has 6 heteroatoms. The van der Waals surface area contributed by atoms with E-state index in [0.717, 1.165) is 5.69 Å². The van der Waals surface area contributed by atoms with E-state index in [0.29, 0.717) is 17.1 Å². The molecule has 0 N–H and O–H groups in total. The zero-order valence-electron chi connectivity index (χ0n) is 9.32. The van der Waals surface area contributed by atoms with Gasteiger partial charge in [-0.25, -0.2) is 4.52 Å². The van der Waals surface area contributed by atoms with Crippen LogP contribution < -0.4 is 5.56 Å². The zero-order valence-corrected chi connectivity index (χ0v) is 10.1. The molecular formula is C12H9ClN4O. The Morgan fingerprint density at radius 1 is 1.22 bits per heavy atom. The third kappa shape index (κ3) is 1.89. The fraction of sp³-hybridized carbons (Fsp3) is 0.0833. The maximum Gasteiger partial charge on any atom is 0.276 e. The number of aromatic nitrogens is 4. The van der Waals surface area contributed by atoms with E-state index in [1.807, 2.05) is 0 Å². The summed E-state index contributed by atoms with van der Waals surface area (Å²) in [4.78, 5) is 16.3. The Morgan fingerprint density at radius 3 is 2.94 bits per heavy atom. The van der Waals surface area contributed by atoms with Gasteiger partial charge >= 0.3 is 0 Å². The normalized spacial score (nSPS) is 10.9. The molecule has 0 atom stereocenters. The van der Waals surface area contributed by atoms with Crippen molar-refractivity contribution < 1.29 is 0 Å². The van der Waals surface area contributed by atoms with E-state index in [9.17, 15) is 4.79 Å². The van der Waals surface area contributed by atoms with Gasteiger partial charge in [-0.15, -0.1) is 0 Å². The van der Waals surface area contributed by atoms with Crippen molar-refractivity contribution in [2.75, 3.05) is 0 Å². The summed E-state index contributed by atoms with van der Waals surface area (Å²) < 4.78 is 3.12. The first kappa shape index (κ1) is 11.0. The molecule has 0 saturated carbocycles. The van der Waals surface area contributed by atoms with E-state index >= 15 is 0 Å². The molecule has 0 unspecified atom stereocenters. The van der Waals surface area contributed by atoms with Crippen LogP contribution in [0.1, 0.15) is 5.69 Å². The summed E-state index contributed by atoms with van der Waals surface area (Å²) in [6.45, 7) is 0.390. The topological polar surface area (TPSA) is 52.2 Å². The summed E-state index contributed by atoms with van der Waals surface area (Å²) in [5, 5.41) is 4.62. The van der Waals surface area contributed by atoms with Gasteiger partial charge in [-0.1, -0.05) is 11.6 Å². The monoisotopic (exact) mass is 260 g/mol. The van der Waals surface area contributed by atoms with Gasteiger partial charge in [-0.3, -0.25) is 9.78 Å². The largest absolute Gasteiger partial charge is 0.306 e. The van der Waals surface area contributed by atoms with Gasteiger partial charge in [0, 0.05) is 23.6 Å². The van der Waals surface area contributed by atoms with Gasteiger partial charge in [0.1, 0.15) is 5.52 Å². The minimum atomic E-state index is -0.100. The predicted molar refractivity (Wildman–Crippen MR) is 67.8 cm³/mol. The maximum atomic E-state index is 12.1. The minimum absolute atomic E-state index is 0.100. The molecule has 0 amide bonds. The molecule has 0 aliphatic heterocycles. The first-order valence-corrected chi connectivity index (χ1v) is 5.75. The molecule has 3 heterocycles. The number of rotatable bonds is 2. The van der Waals surface area contributed by atoms with Crippen LogP contribution in [0.3, 0.4) is 0 Å². The molecule has 0 saturated heterocycles. The summed E-state index contributed by atoms with van der Waals surface area (Å²) in [6.07, 6.45) is 6.64. The lowest BCUT2D eigenvalue weighted by Crippen LogP contribution is -2.22. The summed E-state index contributed by atoms with van der Waals surface area (Å²) >= 11 is 5.89. The van der Waals surface area contributed by atoms with Crippen molar-refractivity contribution in [3.63, 3.8) is 0 Å². The van der Waals surface area contributed by atoms with Gasteiger partial charge in [0.25, 0.3) is 5.56 Å². The summed E-state index contributed by atoms with van der Waals surface area (Å²) in [6, 6.07) is 5.13. The average Bonchev–Trinajstić information content (AvgIpc) is 2.82. The third-order valence-electron chi connectivity index (χ3n) is 2.65. The first-order valence-electron chi connectivity index (χ1n) is 5.37. The Labute approximate surface area is 107 Å². The van der Waals surface area contributed by atoms with E-state index in [1.165, 1.54) is 0 Å². The molecular weight excluding hydrogens is 252 g/mol. The highest BCUT2D eigenvalue weighted by molar-refractivity contribution is 6.30. The van der Waals surface area contributed by atoms with Crippen LogP contribution in [0.2, 0.25) is 5.02 Å². The van der Waals surface area contributed by atoms with Crippen molar-refractivity contribution in [3.05, 3.63) is 64.1 Å². The SMILES string of the molecule is O=c1c2ccnn2ccn1Cc1cc(Cl)ccn1. The maximum absolute atomic E-state index is 12.1. The molecule has 0 aliphatic carbocycles. The van der Waals surface area contributed by atoms with Crippen LogP contribution in [0.5, 0.6) is 0 Å². The molecule has 18 heavy (non-hydrogen) atoms. The van der Waals surface area contributed by atoms with Crippen molar-refractivity contribution in [1.29, 1.82) is 0 Å². The second kappa shape index (κ2) is 4.27. The van der Waals surface area contributed by atoms with E-state index in [4.69, 9.17) is 11.6 Å². The van der Waals surface area contributed by atoms with Crippen LogP contribution in [-0.4, -0.2) is 19.2 Å². The predicted octanol–water partition coefficient (Wildman–Crippen LogP) is 1.59. The first-order chi connectivity index (χ1) is 8.74. The minimum Gasteiger partial charge on any atom is -0.306 e. The molecule has 3 rings (SSSR count). The Hall–Kier alpha value is -2.14. The van der Waals surface area contributed by atoms with Crippen LogP contribution in [-0.2, 0) is 6.54 Å². The molecule has 5 nitrogen and oxygen atoms in total. The number of nitrogens with zero attached hydrogens (tertiary/aromatic N) is 4. The van der Waals surface area contributed by atoms with Crippen molar-refractivity contribution in [2.45, 2.75) is 6.54 Å². The lowest BCUT2D eigenvalue weighted by atomic mass is 10.3. The van der Waals surface area contributed by atoms with Gasteiger partial charge in [-0.2, -0.15) is 5.10 Å². The van der Waals surface area contributed by atoms with Gasteiger partial charge in [-0.05, 0) is 18.2 Å². The van der Waals surface area contributed by atoms with Crippen LogP contribution in [0.4, 0.5) is 0 Å². The molecule has 0 spiro atoms. The van der Waals surface area contributed by atoms with Crippen LogP contribution >= 0.6 is 11.6 Å². The highest BCUT2D eigenvalue weighted by atomic mass is 35.5. The zero-order chi connectivity index (χ0) is 12.5. The summed E-state index contributed by atoms with van der Waals surface area (Å²) in [5.74, 6) is 0. The van der Waals surface area contributed by atoms with Crippen molar-refractivity contribution in [1.82, 2.24) is 19.2 Å². The van der Waals surface area contributed by atoms with E-state index in [2.05, 4.69) is 10.1 Å². The highest BCUT2D eigenvalue weighted by Gasteiger charge is 2.04. The Bertz CT molecular complexity index is 762. The van der Waals surface area contributed by atoms with Gasteiger partial charge < -0.3 is 4.57 Å². The summed E-state index contributed by atoms with van der Waals surface area (Å²) in [7, 11) is 0. The lowest BCUT2D eigenvalue weighted by Gasteiger charge is -2.05. The van der Waals surface area contributed by atoms with Gasteiger partial charge in [0.15, 0.2) is 0 Å². The second-order valence-electron chi connectivity index (χ2n) is 3.86. The van der Waals surface area contributed by atoms with Crippen molar-refractivity contribution in [2.24, 2.45) is 0 Å². The molecule has 0 radical (unpaired) electrons.